The first-order chi connectivity index (χ1) is 19.1. The van der Waals surface area contributed by atoms with E-state index in [1.165, 1.54) is 0 Å². The van der Waals surface area contributed by atoms with E-state index in [0.717, 1.165) is 50.2 Å². The molecule has 3 aromatic heterocycles. The Hall–Kier alpha value is -3.70. The number of amides is 1. The molecule has 0 bridgehead atoms. The molecule has 0 radical (unpaired) electrons. The van der Waals surface area contributed by atoms with Gasteiger partial charge in [0.2, 0.25) is 0 Å². The SMILES string of the molecule is O=C(Nc1cccc(-c2nnc3n2CCCC3)n1)C1=CC(n2cnc(C3CC3)c2)C(N2CCOCC2)C=C1F. The van der Waals surface area contributed by atoms with Crippen LogP contribution in [-0.4, -0.2) is 72.5 Å². The van der Waals surface area contributed by atoms with Gasteiger partial charge >= 0.3 is 0 Å². The Kier molecular flexibility index (Phi) is 6.32. The Bertz CT molecular complexity index is 1450. The van der Waals surface area contributed by atoms with Crippen LogP contribution in [0.25, 0.3) is 11.5 Å². The topological polar surface area (TPSA) is 103 Å². The van der Waals surface area contributed by atoms with Gasteiger partial charge < -0.3 is 19.2 Å². The van der Waals surface area contributed by atoms with Crippen molar-refractivity contribution in [3.63, 3.8) is 0 Å². The van der Waals surface area contributed by atoms with E-state index < -0.39 is 11.7 Å². The average Bonchev–Trinajstić information content (AvgIpc) is 3.54. The summed E-state index contributed by atoms with van der Waals surface area (Å²) in [6.07, 6.45) is 12.5. The second kappa shape index (κ2) is 10.1. The first kappa shape index (κ1) is 24.3. The molecule has 11 heteroatoms. The first-order valence-corrected chi connectivity index (χ1v) is 13.8. The number of morpholine rings is 1. The Balaban J connectivity index is 1.16. The molecule has 4 aliphatic rings. The van der Waals surface area contributed by atoms with Gasteiger partial charge in [-0.15, -0.1) is 10.2 Å². The highest BCUT2D eigenvalue weighted by atomic mass is 19.1. The van der Waals surface area contributed by atoms with Crippen molar-refractivity contribution in [2.75, 3.05) is 31.6 Å². The number of nitrogens with one attached hydrogen (secondary N) is 1. The molecule has 10 nitrogen and oxygen atoms in total. The van der Waals surface area contributed by atoms with Crippen LogP contribution in [0.2, 0.25) is 0 Å². The number of aryl methyl sites for hydroxylation is 1. The van der Waals surface area contributed by atoms with E-state index in [1.807, 2.05) is 22.9 Å². The minimum atomic E-state index is -0.537. The third-order valence-corrected chi connectivity index (χ3v) is 8.01. The number of anilines is 1. The largest absolute Gasteiger partial charge is 0.379 e. The maximum absolute atomic E-state index is 15.5. The number of fused-ring (bicyclic) bond motifs is 1. The van der Waals surface area contributed by atoms with Crippen LogP contribution in [0.1, 0.15) is 49.2 Å². The number of carbonyl (C=O) groups excluding carboxylic acids is 1. The summed E-state index contributed by atoms with van der Waals surface area (Å²) >= 11 is 0. The van der Waals surface area contributed by atoms with E-state index in [0.29, 0.717) is 49.6 Å². The van der Waals surface area contributed by atoms with Crippen LogP contribution in [0.4, 0.5) is 10.2 Å². The summed E-state index contributed by atoms with van der Waals surface area (Å²) in [5, 5.41) is 11.5. The number of nitrogens with zero attached hydrogens (tertiary/aromatic N) is 7. The third-order valence-electron chi connectivity index (χ3n) is 8.01. The number of imidazole rings is 1. The van der Waals surface area contributed by atoms with Crippen LogP contribution >= 0.6 is 0 Å². The number of pyridine rings is 1. The van der Waals surface area contributed by atoms with Gasteiger partial charge in [0.15, 0.2) is 5.82 Å². The van der Waals surface area contributed by atoms with E-state index in [2.05, 4.69) is 34.9 Å². The highest BCUT2D eigenvalue weighted by Crippen LogP contribution is 2.40. The summed E-state index contributed by atoms with van der Waals surface area (Å²) in [4.78, 5) is 24.8. The molecule has 0 aromatic carbocycles. The zero-order chi connectivity index (χ0) is 26.3. The van der Waals surface area contributed by atoms with E-state index in [9.17, 15) is 4.79 Å². The lowest BCUT2D eigenvalue weighted by Gasteiger charge is -2.38. The van der Waals surface area contributed by atoms with Gasteiger partial charge in [0.1, 0.15) is 23.2 Å². The Labute approximate surface area is 225 Å². The predicted molar refractivity (Wildman–Crippen MR) is 142 cm³/mol. The Morgan fingerprint density at radius 2 is 1.92 bits per heavy atom. The van der Waals surface area contributed by atoms with Gasteiger partial charge in [0, 0.05) is 38.2 Å². The molecule has 7 rings (SSSR count). The Morgan fingerprint density at radius 1 is 1.05 bits per heavy atom. The highest BCUT2D eigenvalue weighted by molar-refractivity contribution is 6.06. The van der Waals surface area contributed by atoms with Crippen LogP contribution in [-0.2, 0) is 22.5 Å². The molecule has 5 heterocycles. The normalized spacial score (nSPS) is 23.6. The van der Waals surface area contributed by atoms with Crippen LogP contribution in [0.5, 0.6) is 0 Å². The van der Waals surface area contributed by atoms with E-state index in [-0.39, 0.29) is 17.7 Å². The smallest absolute Gasteiger partial charge is 0.259 e. The highest BCUT2D eigenvalue weighted by Gasteiger charge is 2.35. The molecule has 39 heavy (non-hydrogen) atoms. The number of hydrogen-bond donors (Lipinski definition) is 1. The van der Waals surface area contributed by atoms with Gasteiger partial charge in [0.05, 0.1) is 42.9 Å². The fourth-order valence-electron chi connectivity index (χ4n) is 5.75. The molecule has 2 fully saturated rings. The lowest BCUT2D eigenvalue weighted by molar-refractivity contribution is -0.112. The van der Waals surface area contributed by atoms with E-state index in [1.54, 1.807) is 24.5 Å². The van der Waals surface area contributed by atoms with Crippen LogP contribution < -0.4 is 5.32 Å². The maximum Gasteiger partial charge on any atom is 0.259 e. The first-order valence-electron chi connectivity index (χ1n) is 13.8. The average molecular weight is 531 g/mol. The second-order valence-corrected chi connectivity index (χ2v) is 10.7. The second-order valence-electron chi connectivity index (χ2n) is 10.7. The number of aromatic nitrogens is 6. The molecule has 2 atom stereocenters. The zero-order valence-corrected chi connectivity index (χ0v) is 21.7. The summed E-state index contributed by atoms with van der Waals surface area (Å²) in [6.45, 7) is 3.46. The molecule has 2 unspecified atom stereocenters. The zero-order valence-electron chi connectivity index (χ0n) is 21.7. The summed E-state index contributed by atoms with van der Waals surface area (Å²) < 4.78 is 25.2. The van der Waals surface area contributed by atoms with Gasteiger partial charge in [-0.1, -0.05) is 6.07 Å². The molecule has 1 N–H and O–H groups in total. The van der Waals surface area contributed by atoms with Crippen molar-refractivity contribution in [3.8, 4) is 11.5 Å². The molecular weight excluding hydrogens is 499 g/mol. The lowest BCUT2D eigenvalue weighted by Crippen LogP contribution is -2.47. The van der Waals surface area contributed by atoms with Gasteiger partial charge in [-0.25, -0.2) is 14.4 Å². The quantitative estimate of drug-likeness (QED) is 0.521. The molecule has 1 saturated heterocycles. The van der Waals surface area contributed by atoms with E-state index >= 15 is 4.39 Å². The molecule has 202 valence electrons. The Morgan fingerprint density at radius 3 is 2.77 bits per heavy atom. The molecule has 0 spiro atoms. The molecule has 2 aliphatic carbocycles. The van der Waals surface area contributed by atoms with Crippen molar-refractivity contribution in [2.24, 2.45) is 0 Å². The number of hydrogen-bond acceptors (Lipinski definition) is 7. The molecule has 2 aliphatic heterocycles. The minimum absolute atomic E-state index is 0.00163. The minimum Gasteiger partial charge on any atom is -0.379 e. The molecular formula is C28H31FN8O2. The van der Waals surface area contributed by atoms with Crippen molar-refractivity contribution >= 4 is 11.7 Å². The van der Waals surface area contributed by atoms with Gasteiger partial charge in [-0.2, -0.15) is 0 Å². The standard InChI is InChI=1S/C28H31FN8O2/c29-20-15-24(35-10-12-39-13-11-35)23(36-16-22(30-17-36)18-7-8-18)14-19(20)28(38)32-25-5-3-4-21(31-25)27-34-33-26-6-1-2-9-37(26)27/h3-5,14-18,23-24H,1-2,6-13H2,(H,31,32,38). The van der Waals surface area contributed by atoms with Crippen LogP contribution in [0.15, 0.2) is 54.3 Å². The van der Waals surface area contributed by atoms with Crippen molar-refractivity contribution in [3.05, 3.63) is 65.8 Å². The lowest BCUT2D eigenvalue weighted by atomic mass is 9.94. The van der Waals surface area contributed by atoms with Crippen LogP contribution in [0.3, 0.4) is 0 Å². The number of halogens is 1. The van der Waals surface area contributed by atoms with Crippen LogP contribution in [0, 0.1) is 0 Å². The molecule has 3 aromatic rings. The number of carbonyl (C=O) groups is 1. The van der Waals surface area contributed by atoms with Crippen molar-refractivity contribution in [2.45, 2.75) is 56.7 Å². The summed E-state index contributed by atoms with van der Waals surface area (Å²) in [6, 6.07) is 4.84. The van der Waals surface area contributed by atoms with Gasteiger partial charge in [0.25, 0.3) is 5.91 Å². The van der Waals surface area contributed by atoms with Gasteiger partial charge in [-0.3, -0.25) is 9.69 Å². The predicted octanol–water partition coefficient (Wildman–Crippen LogP) is 3.42. The van der Waals surface area contributed by atoms with Crippen molar-refractivity contribution in [1.82, 2.24) is 34.2 Å². The summed E-state index contributed by atoms with van der Waals surface area (Å²) in [5.41, 5.74) is 1.68. The molecule has 1 saturated carbocycles. The summed E-state index contributed by atoms with van der Waals surface area (Å²) in [5.74, 6) is 1.41. The number of rotatable bonds is 6. The third kappa shape index (κ3) is 4.80. The fourth-order valence-corrected chi connectivity index (χ4v) is 5.75. The van der Waals surface area contributed by atoms with Crippen molar-refractivity contribution in [1.29, 1.82) is 0 Å². The monoisotopic (exact) mass is 530 g/mol. The van der Waals surface area contributed by atoms with Crippen molar-refractivity contribution < 1.29 is 13.9 Å². The van der Waals surface area contributed by atoms with Gasteiger partial charge in [-0.05, 0) is 50.0 Å². The summed E-state index contributed by atoms with van der Waals surface area (Å²) in [7, 11) is 0. The fraction of sp³-hybridized carbons (Fsp3) is 0.464. The van der Waals surface area contributed by atoms with E-state index in [4.69, 9.17) is 4.74 Å². The maximum atomic E-state index is 15.5. The number of ether oxygens (including phenoxy) is 1. The molecule has 1 amide bonds.